The number of amidine groups is 1. The first-order valence-corrected chi connectivity index (χ1v) is 2.92. The molecule has 4 heteroatoms. The predicted molar refractivity (Wildman–Crippen MR) is 36.6 cm³/mol. The highest BCUT2D eigenvalue weighted by atomic mass is 16.4. The van der Waals surface area contributed by atoms with E-state index in [-0.39, 0.29) is 0 Å². The van der Waals surface area contributed by atoms with Gasteiger partial charge in [0.05, 0.1) is 0 Å². The lowest BCUT2D eigenvalue weighted by molar-refractivity contribution is 0.316. The zero-order valence-corrected chi connectivity index (χ0v) is 5.59. The third kappa shape index (κ3) is 5.10. The van der Waals surface area contributed by atoms with Gasteiger partial charge in [0.25, 0.3) is 0 Å². The molecular formula is C5H13N3O. The fourth-order valence-electron chi connectivity index (χ4n) is 0.496. The predicted octanol–water partition coefficient (Wildman–Crippen LogP) is -0.268. The van der Waals surface area contributed by atoms with Crippen LogP contribution < -0.4 is 11.1 Å². The summed E-state index contributed by atoms with van der Waals surface area (Å²) < 4.78 is 0. The van der Waals surface area contributed by atoms with Gasteiger partial charge in [0.15, 0.2) is 0 Å². The summed E-state index contributed by atoms with van der Waals surface area (Å²) in [6.07, 6.45) is 1.56. The number of rotatable bonds is 4. The largest absolute Gasteiger partial charge is 0.409 e. The molecular weight excluding hydrogens is 118 g/mol. The molecule has 0 heterocycles. The van der Waals surface area contributed by atoms with E-state index in [1.54, 1.807) is 0 Å². The lowest BCUT2D eigenvalue weighted by atomic mass is 10.3. The summed E-state index contributed by atoms with van der Waals surface area (Å²) >= 11 is 0. The van der Waals surface area contributed by atoms with Crippen molar-refractivity contribution in [2.24, 2.45) is 10.9 Å². The number of nitrogens with zero attached hydrogens (tertiary/aromatic N) is 1. The highest BCUT2D eigenvalue weighted by Gasteiger charge is 1.89. The Labute approximate surface area is 54.7 Å². The van der Waals surface area contributed by atoms with E-state index < -0.39 is 0 Å². The van der Waals surface area contributed by atoms with E-state index in [4.69, 9.17) is 10.9 Å². The average Bonchev–Trinajstić information content (AvgIpc) is 1.89. The lowest BCUT2D eigenvalue weighted by Gasteiger charge is -1.96. The maximum Gasteiger partial charge on any atom is 0.139 e. The summed E-state index contributed by atoms with van der Waals surface area (Å²) in [5, 5.41) is 13.9. The molecule has 0 saturated carbocycles. The van der Waals surface area contributed by atoms with E-state index in [1.807, 2.05) is 7.05 Å². The normalized spacial score (nSPS) is 11.9. The average molecular weight is 131 g/mol. The van der Waals surface area contributed by atoms with Gasteiger partial charge in [0.2, 0.25) is 0 Å². The molecule has 0 amide bonds. The molecule has 0 bridgehead atoms. The first kappa shape index (κ1) is 8.23. The molecule has 0 aromatic rings. The molecule has 0 atom stereocenters. The molecule has 0 unspecified atom stereocenters. The summed E-state index contributed by atoms with van der Waals surface area (Å²) in [4.78, 5) is 0. The fourth-order valence-corrected chi connectivity index (χ4v) is 0.496. The molecule has 0 aromatic carbocycles. The number of oxime groups is 1. The summed E-state index contributed by atoms with van der Waals surface area (Å²) in [6, 6.07) is 0. The quantitative estimate of drug-likeness (QED) is 0.162. The van der Waals surface area contributed by atoms with Crippen molar-refractivity contribution in [3.8, 4) is 0 Å². The molecule has 0 aliphatic heterocycles. The van der Waals surface area contributed by atoms with Gasteiger partial charge in [0, 0.05) is 6.42 Å². The monoisotopic (exact) mass is 131 g/mol. The smallest absolute Gasteiger partial charge is 0.139 e. The Balaban J connectivity index is 3.07. The standard InChI is InChI=1S/C5H13N3O/c1-7-4-2-3-5(6)8-9/h7,9H,2-4H2,1H3,(H2,6,8). The zero-order chi connectivity index (χ0) is 7.11. The Morgan fingerprint density at radius 2 is 2.44 bits per heavy atom. The Bertz CT molecular complexity index is 92.2. The van der Waals surface area contributed by atoms with Crippen LogP contribution in [0.3, 0.4) is 0 Å². The maximum atomic E-state index is 8.08. The van der Waals surface area contributed by atoms with Gasteiger partial charge in [-0.1, -0.05) is 5.16 Å². The van der Waals surface area contributed by atoms with E-state index in [0.29, 0.717) is 12.3 Å². The molecule has 0 spiro atoms. The van der Waals surface area contributed by atoms with Gasteiger partial charge in [-0.3, -0.25) is 0 Å². The van der Waals surface area contributed by atoms with E-state index in [9.17, 15) is 0 Å². The number of hydrogen-bond donors (Lipinski definition) is 3. The molecule has 0 aliphatic rings. The van der Waals surface area contributed by atoms with Crippen LogP contribution in [0.15, 0.2) is 5.16 Å². The second-order valence-electron chi connectivity index (χ2n) is 1.80. The summed E-state index contributed by atoms with van der Waals surface area (Å²) in [5.41, 5.74) is 5.19. The summed E-state index contributed by atoms with van der Waals surface area (Å²) in [7, 11) is 1.87. The van der Waals surface area contributed by atoms with Crippen LogP contribution in [-0.2, 0) is 0 Å². The van der Waals surface area contributed by atoms with Gasteiger partial charge in [0.1, 0.15) is 5.84 Å². The van der Waals surface area contributed by atoms with Gasteiger partial charge in [-0.25, -0.2) is 0 Å². The van der Waals surface area contributed by atoms with Crippen LogP contribution >= 0.6 is 0 Å². The van der Waals surface area contributed by atoms with Crippen LogP contribution in [0.1, 0.15) is 12.8 Å². The van der Waals surface area contributed by atoms with Gasteiger partial charge < -0.3 is 16.3 Å². The Morgan fingerprint density at radius 1 is 1.78 bits per heavy atom. The third-order valence-electron chi connectivity index (χ3n) is 0.988. The Kier molecular flexibility index (Phi) is 4.91. The number of nitrogens with one attached hydrogen (secondary N) is 1. The summed E-state index contributed by atoms with van der Waals surface area (Å²) in [6.45, 7) is 0.899. The first-order chi connectivity index (χ1) is 4.31. The van der Waals surface area contributed by atoms with Crippen LogP contribution in [0.5, 0.6) is 0 Å². The summed E-state index contributed by atoms with van der Waals surface area (Å²) in [5.74, 6) is 0.297. The first-order valence-electron chi connectivity index (χ1n) is 2.92. The van der Waals surface area contributed by atoms with Crippen molar-refractivity contribution in [3.63, 3.8) is 0 Å². The minimum Gasteiger partial charge on any atom is -0.409 e. The topological polar surface area (TPSA) is 70.6 Å². The van der Waals surface area contributed by atoms with E-state index in [1.165, 1.54) is 0 Å². The van der Waals surface area contributed by atoms with E-state index in [2.05, 4.69) is 10.5 Å². The SMILES string of the molecule is CNCCCC(N)=NO. The van der Waals surface area contributed by atoms with Crippen molar-refractivity contribution in [3.05, 3.63) is 0 Å². The van der Waals surface area contributed by atoms with Crippen LogP contribution in [-0.4, -0.2) is 24.6 Å². The number of nitrogens with two attached hydrogens (primary N) is 1. The molecule has 0 rings (SSSR count). The van der Waals surface area contributed by atoms with Gasteiger partial charge in [-0.15, -0.1) is 0 Å². The second-order valence-corrected chi connectivity index (χ2v) is 1.80. The van der Waals surface area contributed by atoms with Gasteiger partial charge >= 0.3 is 0 Å². The molecule has 0 saturated heterocycles. The number of hydrogen-bond acceptors (Lipinski definition) is 3. The Morgan fingerprint density at radius 3 is 2.89 bits per heavy atom. The van der Waals surface area contributed by atoms with Crippen LogP contribution in [0.4, 0.5) is 0 Å². The Hall–Kier alpha value is -0.770. The van der Waals surface area contributed by atoms with Gasteiger partial charge in [-0.05, 0) is 20.0 Å². The van der Waals surface area contributed by atoms with Crippen LogP contribution in [0.2, 0.25) is 0 Å². The molecule has 9 heavy (non-hydrogen) atoms. The highest BCUT2D eigenvalue weighted by Crippen LogP contribution is 1.84. The second kappa shape index (κ2) is 5.37. The maximum absolute atomic E-state index is 8.08. The van der Waals surface area contributed by atoms with E-state index >= 15 is 0 Å². The molecule has 4 nitrogen and oxygen atoms in total. The van der Waals surface area contributed by atoms with Crippen molar-refractivity contribution in [2.75, 3.05) is 13.6 Å². The molecule has 54 valence electrons. The van der Waals surface area contributed by atoms with Crippen molar-refractivity contribution < 1.29 is 5.21 Å². The zero-order valence-electron chi connectivity index (χ0n) is 5.59. The molecule has 0 radical (unpaired) electrons. The minimum absolute atomic E-state index is 0.297. The molecule has 4 N–H and O–H groups in total. The van der Waals surface area contributed by atoms with E-state index in [0.717, 1.165) is 13.0 Å². The molecule has 0 fully saturated rings. The molecule has 0 aromatic heterocycles. The third-order valence-corrected chi connectivity index (χ3v) is 0.988. The van der Waals surface area contributed by atoms with Crippen LogP contribution in [0.25, 0.3) is 0 Å². The highest BCUT2D eigenvalue weighted by molar-refractivity contribution is 5.79. The van der Waals surface area contributed by atoms with Crippen molar-refractivity contribution in [1.82, 2.24) is 5.32 Å². The van der Waals surface area contributed by atoms with Crippen molar-refractivity contribution in [1.29, 1.82) is 0 Å². The van der Waals surface area contributed by atoms with Crippen LogP contribution in [0, 0.1) is 0 Å². The minimum atomic E-state index is 0.297. The van der Waals surface area contributed by atoms with Gasteiger partial charge in [-0.2, -0.15) is 0 Å². The fraction of sp³-hybridized carbons (Fsp3) is 0.800. The van der Waals surface area contributed by atoms with Crippen molar-refractivity contribution >= 4 is 5.84 Å². The van der Waals surface area contributed by atoms with Crippen molar-refractivity contribution in [2.45, 2.75) is 12.8 Å². The lowest BCUT2D eigenvalue weighted by Crippen LogP contribution is -2.15. The molecule has 0 aliphatic carbocycles.